The molecule has 5 rings (SSSR count). The van der Waals surface area contributed by atoms with E-state index in [0.717, 1.165) is 29.0 Å². The van der Waals surface area contributed by atoms with Crippen LogP contribution >= 0.6 is 0 Å². The third kappa shape index (κ3) is 4.32. The summed E-state index contributed by atoms with van der Waals surface area (Å²) in [6.07, 6.45) is 12.4. The van der Waals surface area contributed by atoms with E-state index in [0.29, 0.717) is 12.1 Å². The number of carbonyl (C=O) groups is 1. The molecule has 4 nitrogen and oxygen atoms in total. The van der Waals surface area contributed by atoms with Crippen LogP contribution < -0.4 is 0 Å². The standard InChI is InChI=1S/C28H35N3O/c1-21-29-26-14-8-9-15-27(26)30(21)20-22-16-18-23(19-17-22)28(32)31(24-10-4-2-5-11-24)25-12-6-3-7-13-25/h8-9,14-19,24-25H,2-7,10-13,20H2,1H3. The molecule has 0 aliphatic heterocycles. The SMILES string of the molecule is Cc1nc2ccccc2n1Cc1ccc(C(=O)N(C2CCCCC2)C2CCCCC2)cc1. The number of hydrogen-bond acceptors (Lipinski definition) is 2. The minimum absolute atomic E-state index is 0.250. The number of imidazole rings is 1. The van der Waals surface area contributed by atoms with Crippen molar-refractivity contribution in [3.05, 3.63) is 65.5 Å². The first-order valence-corrected chi connectivity index (χ1v) is 12.5. The van der Waals surface area contributed by atoms with Crippen molar-refractivity contribution in [3.63, 3.8) is 0 Å². The zero-order chi connectivity index (χ0) is 21.9. The minimum atomic E-state index is 0.250. The molecule has 0 atom stereocenters. The summed E-state index contributed by atoms with van der Waals surface area (Å²) in [7, 11) is 0. The van der Waals surface area contributed by atoms with E-state index < -0.39 is 0 Å². The maximum atomic E-state index is 13.7. The summed E-state index contributed by atoms with van der Waals surface area (Å²) in [5.41, 5.74) is 4.24. The van der Waals surface area contributed by atoms with Crippen LogP contribution in [0, 0.1) is 6.92 Å². The third-order valence-electron chi connectivity index (χ3n) is 7.56. The number of rotatable bonds is 5. The van der Waals surface area contributed by atoms with Gasteiger partial charge in [-0.3, -0.25) is 4.79 Å². The Kier molecular flexibility index (Phi) is 6.29. The monoisotopic (exact) mass is 429 g/mol. The number of nitrogens with zero attached hydrogens (tertiary/aromatic N) is 3. The molecule has 32 heavy (non-hydrogen) atoms. The Morgan fingerprint density at radius 1 is 0.875 bits per heavy atom. The first-order chi connectivity index (χ1) is 15.7. The van der Waals surface area contributed by atoms with E-state index in [2.05, 4.69) is 51.7 Å². The summed E-state index contributed by atoms with van der Waals surface area (Å²) in [5, 5.41) is 0. The quantitative estimate of drug-likeness (QED) is 0.464. The van der Waals surface area contributed by atoms with E-state index in [-0.39, 0.29) is 5.91 Å². The summed E-state index contributed by atoms with van der Waals surface area (Å²) in [6, 6.07) is 17.5. The smallest absolute Gasteiger partial charge is 0.254 e. The van der Waals surface area contributed by atoms with Gasteiger partial charge in [-0.15, -0.1) is 0 Å². The van der Waals surface area contributed by atoms with E-state index in [1.54, 1.807) is 0 Å². The molecule has 2 aliphatic carbocycles. The number of fused-ring (bicyclic) bond motifs is 1. The van der Waals surface area contributed by atoms with Gasteiger partial charge < -0.3 is 9.47 Å². The van der Waals surface area contributed by atoms with Crippen molar-refractivity contribution in [1.29, 1.82) is 0 Å². The summed E-state index contributed by atoms with van der Waals surface area (Å²) in [5.74, 6) is 1.27. The highest BCUT2D eigenvalue weighted by molar-refractivity contribution is 5.94. The van der Waals surface area contributed by atoms with Crippen molar-refractivity contribution >= 4 is 16.9 Å². The fraction of sp³-hybridized carbons (Fsp3) is 0.500. The maximum Gasteiger partial charge on any atom is 0.254 e. The average molecular weight is 430 g/mol. The molecule has 0 saturated heterocycles. The fourth-order valence-electron chi connectivity index (χ4n) is 5.83. The first kappa shape index (κ1) is 21.2. The van der Waals surface area contributed by atoms with Crippen molar-refractivity contribution < 1.29 is 4.79 Å². The van der Waals surface area contributed by atoms with Crippen LogP contribution in [0.5, 0.6) is 0 Å². The summed E-state index contributed by atoms with van der Waals surface area (Å²) in [6.45, 7) is 2.83. The number of benzene rings is 2. The number of aryl methyl sites for hydroxylation is 1. The largest absolute Gasteiger partial charge is 0.333 e. The van der Waals surface area contributed by atoms with Gasteiger partial charge in [0, 0.05) is 24.2 Å². The molecule has 3 aromatic rings. The third-order valence-corrected chi connectivity index (χ3v) is 7.56. The molecular formula is C28H35N3O. The second-order valence-electron chi connectivity index (χ2n) is 9.73. The van der Waals surface area contributed by atoms with Gasteiger partial charge in [0.05, 0.1) is 11.0 Å². The molecule has 2 saturated carbocycles. The van der Waals surface area contributed by atoms with E-state index in [4.69, 9.17) is 0 Å². The summed E-state index contributed by atoms with van der Waals surface area (Å²) >= 11 is 0. The van der Waals surface area contributed by atoms with Crippen LogP contribution in [0.1, 0.15) is 86.0 Å². The van der Waals surface area contributed by atoms with Crippen molar-refractivity contribution in [3.8, 4) is 0 Å². The number of aromatic nitrogens is 2. The number of carbonyl (C=O) groups excluding carboxylic acids is 1. The van der Waals surface area contributed by atoms with Crippen molar-refractivity contribution in [2.24, 2.45) is 0 Å². The molecule has 168 valence electrons. The Hall–Kier alpha value is -2.62. The normalized spacial score (nSPS) is 18.2. The first-order valence-electron chi connectivity index (χ1n) is 12.5. The predicted octanol–water partition coefficient (Wildman–Crippen LogP) is 6.50. The van der Waals surface area contributed by atoms with Crippen LogP contribution in [0.15, 0.2) is 48.5 Å². The van der Waals surface area contributed by atoms with Gasteiger partial charge in [-0.1, -0.05) is 62.8 Å². The van der Waals surface area contributed by atoms with E-state index in [1.807, 2.05) is 18.2 Å². The van der Waals surface area contributed by atoms with Crippen LogP contribution in [0.2, 0.25) is 0 Å². The Labute approximate surface area is 191 Å². The molecule has 4 heteroatoms. The van der Waals surface area contributed by atoms with Crippen molar-refractivity contribution in [2.75, 3.05) is 0 Å². The van der Waals surface area contributed by atoms with Gasteiger partial charge in [-0.2, -0.15) is 0 Å². The van der Waals surface area contributed by atoms with Gasteiger partial charge in [-0.25, -0.2) is 4.98 Å². The highest BCUT2D eigenvalue weighted by atomic mass is 16.2. The van der Waals surface area contributed by atoms with Crippen LogP contribution in [0.25, 0.3) is 11.0 Å². The molecule has 0 bridgehead atoms. The molecule has 0 unspecified atom stereocenters. The number of para-hydroxylation sites is 2. The van der Waals surface area contributed by atoms with E-state index in [9.17, 15) is 4.79 Å². The fourth-order valence-corrected chi connectivity index (χ4v) is 5.83. The van der Waals surface area contributed by atoms with Crippen LogP contribution in [0.4, 0.5) is 0 Å². The molecule has 2 aliphatic rings. The molecular weight excluding hydrogens is 394 g/mol. The van der Waals surface area contributed by atoms with E-state index in [1.165, 1.54) is 69.8 Å². The van der Waals surface area contributed by atoms with Crippen molar-refractivity contribution in [1.82, 2.24) is 14.5 Å². The highest BCUT2D eigenvalue weighted by Crippen LogP contribution is 2.31. The van der Waals surface area contributed by atoms with Gasteiger partial charge in [0.15, 0.2) is 0 Å². The molecule has 1 amide bonds. The Morgan fingerprint density at radius 2 is 1.47 bits per heavy atom. The highest BCUT2D eigenvalue weighted by Gasteiger charge is 2.32. The average Bonchev–Trinajstić information content (AvgIpc) is 3.16. The molecule has 0 radical (unpaired) electrons. The lowest BCUT2D eigenvalue weighted by Gasteiger charge is -2.42. The number of hydrogen-bond donors (Lipinski definition) is 0. The lowest BCUT2D eigenvalue weighted by Crippen LogP contribution is -2.48. The predicted molar refractivity (Wildman–Crippen MR) is 130 cm³/mol. The van der Waals surface area contributed by atoms with Crippen molar-refractivity contribution in [2.45, 2.75) is 89.8 Å². The summed E-state index contributed by atoms with van der Waals surface area (Å²) in [4.78, 5) is 20.7. The zero-order valence-electron chi connectivity index (χ0n) is 19.3. The van der Waals surface area contributed by atoms with Gasteiger partial charge in [0.1, 0.15) is 5.82 Å². The lowest BCUT2D eigenvalue weighted by molar-refractivity contribution is 0.0448. The van der Waals surface area contributed by atoms with Crippen LogP contribution in [-0.4, -0.2) is 32.4 Å². The van der Waals surface area contributed by atoms with Gasteiger partial charge in [0.2, 0.25) is 0 Å². The van der Waals surface area contributed by atoms with E-state index >= 15 is 0 Å². The number of amides is 1. The molecule has 1 heterocycles. The topological polar surface area (TPSA) is 38.1 Å². The zero-order valence-corrected chi connectivity index (χ0v) is 19.3. The molecule has 2 fully saturated rings. The Morgan fingerprint density at radius 3 is 2.09 bits per heavy atom. The van der Waals surface area contributed by atoms with Crippen LogP contribution in [0.3, 0.4) is 0 Å². The summed E-state index contributed by atoms with van der Waals surface area (Å²) < 4.78 is 2.25. The van der Waals surface area contributed by atoms with Crippen LogP contribution in [-0.2, 0) is 6.54 Å². The second kappa shape index (κ2) is 9.48. The van der Waals surface area contributed by atoms with Gasteiger partial charge >= 0.3 is 0 Å². The van der Waals surface area contributed by atoms with Gasteiger partial charge in [-0.05, 0) is 62.4 Å². The van der Waals surface area contributed by atoms with Gasteiger partial charge in [0.25, 0.3) is 5.91 Å². The second-order valence-corrected chi connectivity index (χ2v) is 9.73. The molecule has 0 spiro atoms. The molecule has 2 aromatic carbocycles. The lowest BCUT2D eigenvalue weighted by atomic mass is 9.88. The Bertz CT molecular complexity index is 1040. The minimum Gasteiger partial charge on any atom is -0.333 e. The Balaban J connectivity index is 1.36. The maximum absolute atomic E-state index is 13.7. The molecule has 1 aromatic heterocycles. The molecule has 0 N–H and O–H groups in total.